The van der Waals surface area contributed by atoms with E-state index in [-0.39, 0.29) is 11.3 Å². The Morgan fingerprint density at radius 2 is 1.81 bits per heavy atom. The molecule has 1 saturated carbocycles. The second-order valence-electron chi connectivity index (χ2n) is 8.97. The molecule has 0 radical (unpaired) electrons. The Labute approximate surface area is 188 Å². The first-order valence-corrected chi connectivity index (χ1v) is 12.1. The maximum absolute atomic E-state index is 13.7. The van der Waals surface area contributed by atoms with Crippen molar-refractivity contribution in [1.82, 2.24) is 5.32 Å². The third kappa shape index (κ3) is 4.38. The second kappa shape index (κ2) is 9.31. The van der Waals surface area contributed by atoms with Crippen molar-refractivity contribution in [3.8, 4) is 5.75 Å². The zero-order valence-electron chi connectivity index (χ0n) is 18.5. The lowest BCUT2D eigenvalue weighted by Crippen LogP contribution is -2.51. The molecule has 1 atom stereocenters. The van der Waals surface area contributed by atoms with E-state index in [1.54, 1.807) is 18.4 Å². The number of nitrogens with one attached hydrogen (secondary N) is 1. The summed E-state index contributed by atoms with van der Waals surface area (Å²) in [6.45, 7) is 3.63. The lowest BCUT2D eigenvalue weighted by atomic mass is 9.73. The minimum atomic E-state index is -0.565. The fourth-order valence-electron chi connectivity index (χ4n) is 5.12. The van der Waals surface area contributed by atoms with Crippen molar-refractivity contribution in [2.75, 3.05) is 26.9 Å². The molecule has 4 rings (SSSR count). The Bertz CT molecular complexity index is 877. The van der Waals surface area contributed by atoms with Gasteiger partial charge < -0.3 is 19.9 Å². The summed E-state index contributed by atoms with van der Waals surface area (Å²) in [7, 11) is 1.65. The summed E-state index contributed by atoms with van der Waals surface area (Å²) in [6.07, 6.45) is 5.42. The molecule has 1 aliphatic heterocycles. The number of carbonyl (C=O) groups is 1. The highest BCUT2D eigenvalue weighted by Gasteiger charge is 2.44. The van der Waals surface area contributed by atoms with Crippen molar-refractivity contribution in [2.45, 2.75) is 62.4 Å². The molecule has 1 aliphatic carbocycles. The molecule has 31 heavy (non-hydrogen) atoms. The molecule has 2 fully saturated rings. The minimum Gasteiger partial charge on any atom is -0.497 e. The predicted molar refractivity (Wildman–Crippen MR) is 123 cm³/mol. The first-order valence-electron chi connectivity index (χ1n) is 11.3. The number of rotatable bonds is 7. The van der Waals surface area contributed by atoms with E-state index < -0.39 is 11.5 Å². The highest BCUT2D eigenvalue weighted by atomic mass is 32.1. The van der Waals surface area contributed by atoms with Crippen molar-refractivity contribution in [3.63, 3.8) is 0 Å². The van der Waals surface area contributed by atoms with Gasteiger partial charge in [-0.2, -0.15) is 0 Å². The van der Waals surface area contributed by atoms with E-state index in [1.165, 1.54) is 17.7 Å². The summed E-state index contributed by atoms with van der Waals surface area (Å²) in [5.41, 5.74) is 0.437. The van der Waals surface area contributed by atoms with Gasteiger partial charge in [-0.05, 0) is 62.4 Å². The Balaban J connectivity index is 1.56. The van der Waals surface area contributed by atoms with Crippen LogP contribution in [-0.2, 0) is 20.4 Å². The average molecular weight is 444 g/mol. The number of thiophene rings is 1. The van der Waals surface area contributed by atoms with Crippen LogP contribution in [0.5, 0.6) is 5.75 Å². The molecule has 6 heteroatoms. The van der Waals surface area contributed by atoms with E-state index in [4.69, 9.17) is 9.47 Å². The molecule has 1 amide bonds. The standard InChI is InChI=1S/C25H33NO4S/c1-18(27)21-9-10-22(31-21)24(11-3-4-12-24)17-26-23(28)25(13-15-30-16-14-25)19-5-7-20(29-2)8-6-19/h5-10,18,27H,3-4,11-17H2,1-2H3,(H,26,28). The van der Waals surface area contributed by atoms with Crippen molar-refractivity contribution in [1.29, 1.82) is 0 Å². The number of amides is 1. The first kappa shape index (κ1) is 22.3. The van der Waals surface area contributed by atoms with Crippen molar-refractivity contribution in [2.24, 2.45) is 0 Å². The fourth-order valence-corrected chi connectivity index (χ4v) is 6.31. The van der Waals surface area contributed by atoms with Gasteiger partial charge in [0, 0.05) is 34.9 Å². The van der Waals surface area contributed by atoms with Crippen LogP contribution in [0.4, 0.5) is 0 Å². The smallest absolute Gasteiger partial charge is 0.230 e. The van der Waals surface area contributed by atoms with Crippen molar-refractivity contribution >= 4 is 17.2 Å². The molecule has 1 unspecified atom stereocenters. The SMILES string of the molecule is COc1ccc(C2(C(=O)NCC3(c4ccc(C(C)O)s4)CCCC3)CCOCC2)cc1. The Hall–Kier alpha value is -1.89. The highest BCUT2D eigenvalue weighted by Crippen LogP contribution is 2.45. The number of benzene rings is 1. The Kier molecular flexibility index (Phi) is 6.70. The maximum atomic E-state index is 13.7. The van der Waals surface area contributed by atoms with E-state index in [2.05, 4.69) is 11.4 Å². The minimum absolute atomic E-state index is 0.0280. The molecule has 168 valence electrons. The number of carbonyl (C=O) groups excluding carboxylic acids is 1. The predicted octanol–water partition coefficient (Wildman–Crippen LogP) is 4.49. The number of hydrogen-bond acceptors (Lipinski definition) is 5. The lowest BCUT2D eigenvalue weighted by molar-refractivity contribution is -0.130. The summed E-state index contributed by atoms with van der Waals surface area (Å²) in [4.78, 5) is 16.0. The summed E-state index contributed by atoms with van der Waals surface area (Å²) >= 11 is 1.69. The van der Waals surface area contributed by atoms with Crippen LogP contribution >= 0.6 is 11.3 Å². The van der Waals surface area contributed by atoms with E-state index in [0.29, 0.717) is 32.6 Å². The number of hydrogen-bond donors (Lipinski definition) is 2. The molecule has 1 aromatic heterocycles. The quantitative estimate of drug-likeness (QED) is 0.662. The fraction of sp³-hybridized carbons (Fsp3) is 0.560. The van der Waals surface area contributed by atoms with Gasteiger partial charge in [0.1, 0.15) is 5.75 Å². The zero-order chi connectivity index (χ0) is 21.9. The highest BCUT2D eigenvalue weighted by molar-refractivity contribution is 7.12. The molecule has 0 bridgehead atoms. The Morgan fingerprint density at radius 1 is 1.13 bits per heavy atom. The van der Waals surface area contributed by atoms with Gasteiger partial charge in [-0.15, -0.1) is 11.3 Å². The van der Waals surface area contributed by atoms with E-state index in [1.807, 2.05) is 37.3 Å². The molecule has 2 aromatic rings. The monoisotopic (exact) mass is 443 g/mol. The van der Waals surface area contributed by atoms with E-state index in [0.717, 1.165) is 29.0 Å². The topological polar surface area (TPSA) is 67.8 Å². The first-order chi connectivity index (χ1) is 15.0. The molecule has 5 nitrogen and oxygen atoms in total. The molecule has 2 N–H and O–H groups in total. The molecule has 2 aliphatic rings. The molecule has 2 heterocycles. The van der Waals surface area contributed by atoms with Gasteiger partial charge in [-0.3, -0.25) is 4.79 Å². The van der Waals surface area contributed by atoms with Crippen LogP contribution in [0, 0.1) is 0 Å². The lowest BCUT2D eigenvalue weighted by Gasteiger charge is -2.38. The molecular formula is C25H33NO4S. The summed E-state index contributed by atoms with van der Waals surface area (Å²) in [6, 6.07) is 12.1. The molecule has 1 aromatic carbocycles. The van der Waals surface area contributed by atoms with Gasteiger partial charge in [0.15, 0.2) is 0 Å². The Morgan fingerprint density at radius 3 is 2.39 bits per heavy atom. The van der Waals surface area contributed by atoms with E-state index >= 15 is 0 Å². The van der Waals surface area contributed by atoms with Gasteiger partial charge in [0.2, 0.25) is 5.91 Å². The van der Waals surface area contributed by atoms with Crippen LogP contribution in [0.15, 0.2) is 36.4 Å². The van der Waals surface area contributed by atoms with Crippen molar-refractivity contribution < 1.29 is 19.4 Å². The van der Waals surface area contributed by atoms with Gasteiger partial charge in [-0.25, -0.2) is 0 Å². The summed E-state index contributed by atoms with van der Waals surface area (Å²) in [5.74, 6) is 0.891. The van der Waals surface area contributed by atoms with Crippen LogP contribution in [-0.4, -0.2) is 37.9 Å². The van der Waals surface area contributed by atoms with Crippen molar-refractivity contribution in [3.05, 3.63) is 51.7 Å². The van der Waals surface area contributed by atoms with Gasteiger partial charge in [0.05, 0.1) is 18.6 Å². The average Bonchev–Trinajstić information content (AvgIpc) is 3.49. The normalized spacial score (nSPS) is 20.9. The molecule has 0 spiro atoms. The number of aliphatic hydroxyl groups excluding tert-OH is 1. The van der Waals surface area contributed by atoms with Crippen LogP contribution in [0.1, 0.15) is 66.9 Å². The van der Waals surface area contributed by atoms with Gasteiger partial charge in [0.25, 0.3) is 0 Å². The second-order valence-corrected chi connectivity index (χ2v) is 10.1. The summed E-state index contributed by atoms with van der Waals surface area (Å²) in [5, 5.41) is 13.3. The maximum Gasteiger partial charge on any atom is 0.230 e. The number of methoxy groups -OCH3 is 1. The third-order valence-corrected chi connectivity index (χ3v) is 8.63. The summed E-state index contributed by atoms with van der Waals surface area (Å²) < 4.78 is 10.9. The largest absolute Gasteiger partial charge is 0.497 e. The zero-order valence-corrected chi connectivity index (χ0v) is 19.3. The van der Waals surface area contributed by atoms with Crippen LogP contribution in [0.25, 0.3) is 0 Å². The van der Waals surface area contributed by atoms with Gasteiger partial charge >= 0.3 is 0 Å². The molecule has 1 saturated heterocycles. The molecular weight excluding hydrogens is 410 g/mol. The van der Waals surface area contributed by atoms with Gasteiger partial charge in [-0.1, -0.05) is 25.0 Å². The number of ether oxygens (including phenoxy) is 2. The van der Waals surface area contributed by atoms with E-state index in [9.17, 15) is 9.90 Å². The number of aliphatic hydroxyl groups is 1. The van der Waals surface area contributed by atoms with Crippen LogP contribution < -0.4 is 10.1 Å². The third-order valence-electron chi connectivity index (χ3n) is 7.13. The van der Waals surface area contributed by atoms with Crippen LogP contribution in [0.3, 0.4) is 0 Å². The van der Waals surface area contributed by atoms with Crippen LogP contribution in [0.2, 0.25) is 0 Å².